The van der Waals surface area contributed by atoms with E-state index in [-0.39, 0.29) is 11.9 Å². The monoisotopic (exact) mass is 376 g/mol. The molecule has 2 aliphatic rings. The lowest BCUT2D eigenvalue weighted by Gasteiger charge is -2.23. The minimum absolute atomic E-state index is 0.151. The summed E-state index contributed by atoms with van der Waals surface area (Å²) in [6.45, 7) is 2.51. The van der Waals surface area contributed by atoms with Crippen LogP contribution in [0.15, 0.2) is 53.2 Å². The molecule has 2 aliphatic heterocycles. The van der Waals surface area contributed by atoms with Crippen LogP contribution in [-0.4, -0.2) is 38.5 Å². The van der Waals surface area contributed by atoms with E-state index in [1.807, 2.05) is 22.7 Å². The van der Waals surface area contributed by atoms with Crippen molar-refractivity contribution in [3.63, 3.8) is 0 Å². The molecule has 2 aromatic heterocycles. The van der Waals surface area contributed by atoms with Crippen LogP contribution in [0.5, 0.6) is 0 Å². The van der Waals surface area contributed by atoms with E-state index in [9.17, 15) is 4.79 Å². The number of hydrogen-bond acceptors (Lipinski definition) is 4. The second-order valence-corrected chi connectivity index (χ2v) is 7.99. The Hall–Kier alpha value is -2.73. The Morgan fingerprint density at radius 1 is 1.22 bits per heavy atom. The molecule has 0 N–H and O–H groups in total. The van der Waals surface area contributed by atoms with E-state index >= 15 is 0 Å². The highest BCUT2D eigenvalue weighted by atomic mass is 32.1. The van der Waals surface area contributed by atoms with Gasteiger partial charge in [-0.2, -0.15) is 0 Å². The number of carbonyl (C=O) groups excluding carboxylic acids is 1. The van der Waals surface area contributed by atoms with Gasteiger partial charge in [0.25, 0.3) is 0 Å². The fraction of sp³-hybridized carbons (Fsp3) is 0.286. The van der Waals surface area contributed by atoms with Gasteiger partial charge in [-0.1, -0.05) is 24.3 Å². The third kappa shape index (κ3) is 2.90. The van der Waals surface area contributed by atoms with Crippen LogP contribution in [0.1, 0.15) is 31.7 Å². The maximum absolute atomic E-state index is 11.8. The molecule has 0 spiro atoms. The largest absolute Gasteiger partial charge is 0.335 e. The molecule has 1 atom stereocenters. The standard InChI is InChI=1S/C21H20N4OS/c1-14(26)25-8-2-3-20(25)18-11-17(12-22-18)15-4-6-16(7-5-15)19-13-24-9-10-27-21(24)23-19/h4-7,9-10,12-13,20H,2-3,8,11H2,1H3. The smallest absolute Gasteiger partial charge is 0.219 e. The van der Waals surface area contributed by atoms with Gasteiger partial charge in [-0.25, -0.2) is 4.98 Å². The van der Waals surface area contributed by atoms with E-state index in [0.29, 0.717) is 0 Å². The van der Waals surface area contributed by atoms with Crippen LogP contribution in [0.3, 0.4) is 0 Å². The van der Waals surface area contributed by atoms with Crippen LogP contribution in [0.25, 0.3) is 21.8 Å². The van der Waals surface area contributed by atoms with Gasteiger partial charge in [-0.05, 0) is 24.0 Å². The first kappa shape index (κ1) is 16.4. The van der Waals surface area contributed by atoms with E-state index in [1.54, 1.807) is 18.3 Å². The van der Waals surface area contributed by atoms with Crippen molar-refractivity contribution in [2.24, 2.45) is 4.99 Å². The first-order valence-electron chi connectivity index (χ1n) is 9.25. The second kappa shape index (κ2) is 6.46. The zero-order valence-corrected chi connectivity index (χ0v) is 15.9. The number of thiazole rings is 1. The predicted molar refractivity (Wildman–Crippen MR) is 109 cm³/mol. The summed E-state index contributed by atoms with van der Waals surface area (Å²) in [5, 5.41) is 2.04. The van der Waals surface area contributed by atoms with Crippen LogP contribution in [0, 0.1) is 0 Å². The average molecular weight is 376 g/mol. The number of rotatable bonds is 3. The molecule has 27 heavy (non-hydrogen) atoms. The van der Waals surface area contributed by atoms with Gasteiger partial charge >= 0.3 is 0 Å². The van der Waals surface area contributed by atoms with Gasteiger partial charge in [0.1, 0.15) is 0 Å². The van der Waals surface area contributed by atoms with Gasteiger partial charge in [0, 0.05) is 55.1 Å². The molecule has 0 saturated carbocycles. The minimum Gasteiger partial charge on any atom is -0.335 e. The number of imidazole rings is 1. The van der Waals surface area contributed by atoms with Gasteiger partial charge in [0.15, 0.2) is 4.96 Å². The zero-order chi connectivity index (χ0) is 18.4. The maximum atomic E-state index is 11.8. The summed E-state index contributed by atoms with van der Waals surface area (Å²) in [5.41, 5.74) is 5.64. The van der Waals surface area contributed by atoms with E-state index in [0.717, 1.165) is 47.7 Å². The van der Waals surface area contributed by atoms with Gasteiger partial charge < -0.3 is 4.90 Å². The summed E-state index contributed by atoms with van der Waals surface area (Å²) in [7, 11) is 0. The van der Waals surface area contributed by atoms with Crippen molar-refractivity contribution < 1.29 is 4.79 Å². The molecule has 5 nitrogen and oxygen atoms in total. The summed E-state index contributed by atoms with van der Waals surface area (Å²) >= 11 is 1.64. The third-order valence-corrected chi connectivity index (χ3v) is 6.22. The van der Waals surface area contributed by atoms with E-state index in [1.165, 1.54) is 11.1 Å². The Bertz CT molecular complexity index is 1040. The molecule has 1 amide bonds. The first-order chi connectivity index (χ1) is 13.2. The van der Waals surface area contributed by atoms with E-state index in [2.05, 4.69) is 44.8 Å². The summed E-state index contributed by atoms with van der Waals surface area (Å²) < 4.78 is 2.05. The zero-order valence-electron chi connectivity index (χ0n) is 15.1. The second-order valence-electron chi connectivity index (χ2n) is 7.12. The molecule has 5 rings (SSSR count). The van der Waals surface area contributed by atoms with Crippen LogP contribution in [0.2, 0.25) is 0 Å². The molecule has 1 aromatic carbocycles. The molecule has 0 radical (unpaired) electrons. The van der Waals surface area contributed by atoms with Gasteiger partial charge in [-0.15, -0.1) is 11.3 Å². The summed E-state index contributed by atoms with van der Waals surface area (Å²) in [4.78, 5) is 24.1. The van der Waals surface area contributed by atoms with Crippen molar-refractivity contribution in [2.45, 2.75) is 32.2 Å². The Morgan fingerprint density at radius 2 is 2.04 bits per heavy atom. The average Bonchev–Trinajstić information content (AvgIpc) is 3.43. The van der Waals surface area contributed by atoms with Crippen LogP contribution in [0.4, 0.5) is 0 Å². The number of benzene rings is 1. The Kier molecular flexibility index (Phi) is 3.93. The fourth-order valence-corrected chi connectivity index (χ4v) is 4.74. The number of aromatic nitrogens is 2. The van der Waals surface area contributed by atoms with Gasteiger partial charge in [0.05, 0.1) is 11.7 Å². The quantitative estimate of drug-likeness (QED) is 0.686. The molecule has 6 heteroatoms. The highest BCUT2D eigenvalue weighted by Crippen LogP contribution is 2.31. The van der Waals surface area contributed by atoms with Crippen molar-refractivity contribution in [3.05, 3.63) is 53.8 Å². The molecule has 0 aliphatic carbocycles. The lowest BCUT2D eigenvalue weighted by atomic mass is 9.97. The summed E-state index contributed by atoms with van der Waals surface area (Å²) in [6, 6.07) is 8.71. The molecular weight excluding hydrogens is 356 g/mol. The van der Waals surface area contributed by atoms with E-state index < -0.39 is 0 Å². The molecule has 4 heterocycles. The minimum atomic E-state index is 0.151. The van der Waals surface area contributed by atoms with E-state index in [4.69, 9.17) is 0 Å². The van der Waals surface area contributed by atoms with Crippen LogP contribution < -0.4 is 0 Å². The molecule has 1 saturated heterocycles. The topological polar surface area (TPSA) is 50.0 Å². The van der Waals surface area contributed by atoms with Gasteiger partial charge in [0.2, 0.25) is 5.91 Å². The number of carbonyl (C=O) groups is 1. The number of amides is 1. The Balaban J connectivity index is 1.32. The lowest BCUT2D eigenvalue weighted by molar-refractivity contribution is -0.128. The summed E-state index contributed by atoms with van der Waals surface area (Å²) in [6.07, 6.45) is 8.97. The highest BCUT2D eigenvalue weighted by molar-refractivity contribution is 7.15. The number of likely N-dealkylation sites (tertiary alicyclic amines) is 1. The molecule has 1 unspecified atom stereocenters. The molecule has 0 bridgehead atoms. The Morgan fingerprint density at radius 3 is 2.81 bits per heavy atom. The molecule has 1 fully saturated rings. The summed E-state index contributed by atoms with van der Waals surface area (Å²) in [5.74, 6) is 0.151. The van der Waals surface area contributed by atoms with Gasteiger partial charge in [-0.3, -0.25) is 14.2 Å². The maximum Gasteiger partial charge on any atom is 0.219 e. The van der Waals surface area contributed by atoms with Crippen molar-refractivity contribution in [1.82, 2.24) is 14.3 Å². The third-order valence-electron chi connectivity index (χ3n) is 5.44. The Labute approximate surface area is 161 Å². The van der Waals surface area contributed by atoms with Crippen molar-refractivity contribution in [2.75, 3.05) is 6.54 Å². The highest BCUT2D eigenvalue weighted by Gasteiger charge is 2.32. The number of aliphatic imine (C=N–C) groups is 1. The number of fused-ring (bicyclic) bond motifs is 1. The molecular formula is C21H20N4OS. The number of allylic oxidation sites excluding steroid dienone is 1. The van der Waals surface area contributed by atoms with Crippen LogP contribution >= 0.6 is 11.3 Å². The first-order valence-corrected chi connectivity index (χ1v) is 10.1. The fourth-order valence-electron chi connectivity index (χ4n) is 4.04. The normalized spacial score (nSPS) is 19.6. The molecule has 3 aromatic rings. The van der Waals surface area contributed by atoms with Crippen molar-refractivity contribution in [3.8, 4) is 11.3 Å². The van der Waals surface area contributed by atoms with Crippen LogP contribution in [-0.2, 0) is 4.79 Å². The SMILES string of the molecule is CC(=O)N1CCCC1C1=NC=C(c2ccc(-c3cn4ccsc4n3)cc2)C1. The lowest BCUT2D eigenvalue weighted by Crippen LogP contribution is -2.38. The van der Waals surface area contributed by atoms with Crippen molar-refractivity contribution >= 4 is 33.5 Å². The number of nitrogens with zero attached hydrogens (tertiary/aromatic N) is 4. The number of hydrogen-bond donors (Lipinski definition) is 0. The van der Waals surface area contributed by atoms with Crippen molar-refractivity contribution in [1.29, 1.82) is 0 Å². The predicted octanol–water partition coefficient (Wildman–Crippen LogP) is 4.26. The molecule has 136 valence electrons.